The lowest BCUT2D eigenvalue weighted by Crippen LogP contribution is -2.18. The van der Waals surface area contributed by atoms with Crippen molar-refractivity contribution < 1.29 is 14.6 Å². The number of fused-ring (bicyclic) bond motifs is 1. The van der Waals surface area contributed by atoms with Gasteiger partial charge in [-0.15, -0.1) is 11.3 Å². The summed E-state index contributed by atoms with van der Waals surface area (Å²) in [6.45, 7) is 2.48. The van der Waals surface area contributed by atoms with E-state index >= 15 is 0 Å². The molecule has 1 atom stereocenters. The Morgan fingerprint density at radius 1 is 1.50 bits per heavy atom. The molecule has 0 bridgehead atoms. The standard InChI is InChI=1S/C15H15NO3S/c1-9-13(7-14(17)18)20-15(16-9)11-6-10-4-2-3-5-12(10)19-8-11/h2-5,11H,6-8H2,1H3,(H,17,18). The van der Waals surface area contributed by atoms with Gasteiger partial charge < -0.3 is 9.84 Å². The predicted octanol–water partition coefficient (Wildman–Crippen LogP) is 2.80. The molecular weight excluding hydrogens is 274 g/mol. The van der Waals surface area contributed by atoms with E-state index in [2.05, 4.69) is 11.1 Å². The first kappa shape index (κ1) is 13.1. The van der Waals surface area contributed by atoms with E-state index in [1.807, 2.05) is 25.1 Å². The largest absolute Gasteiger partial charge is 0.493 e. The lowest BCUT2D eigenvalue weighted by molar-refractivity contribution is -0.136. The third-order valence-electron chi connectivity index (χ3n) is 3.45. The van der Waals surface area contributed by atoms with Gasteiger partial charge in [-0.1, -0.05) is 18.2 Å². The third-order valence-corrected chi connectivity index (χ3v) is 4.77. The minimum Gasteiger partial charge on any atom is -0.493 e. The number of carboxylic acids is 1. The maximum absolute atomic E-state index is 10.8. The number of para-hydroxylation sites is 1. The van der Waals surface area contributed by atoms with E-state index < -0.39 is 5.97 Å². The van der Waals surface area contributed by atoms with Crippen molar-refractivity contribution in [2.24, 2.45) is 0 Å². The fourth-order valence-corrected chi connectivity index (χ4v) is 3.56. The Hall–Kier alpha value is -1.88. The monoisotopic (exact) mass is 289 g/mol. The Kier molecular flexibility index (Phi) is 3.44. The van der Waals surface area contributed by atoms with Crippen molar-refractivity contribution in [1.29, 1.82) is 0 Å². The maximum atomic E-state index is 10.8. The van der Waals surface area contributed by atoms with E-state index in [-0.39, 0.29) is 12.3 Å². The molecule has 5 heteroatoms. The number of carbonyl (C=O) groups is 1. The SMILES string of the molecule is Cc1nc(C2COc3ccccc3C2)sc1CC(=O)O. The van der Waals surface area contributed by atoms with E-state index in [1.165, 1.54) is 16.9 Å². The molecule has 1 aromatic carbocycles. The molecule has 0 amide bonds. The number of thiazole rings is 1. The number of hydrogen-bond acceptors (Lipinski definition) is 4. The van der Waals surface area contributed by atoms with Crippen LogP contribution in [0.1, 0.15) is 27.1 Å². The number of aliphatic carboxylic acids is 1. The van der Waals surface area contributed by atoms with Crippen LogP contribution in [0.4, 0.5) is 0 Å². The number of aryl methyl sites for hydroxylation is 1. The van der Waals surface area contributed by atoms with Crippen molar-refractivity contribution in [3.63, 3.8) is 0 Å². The Morgan fingerprint density at radius 2 is 2.30 bits per heavy atom. The molecule has 0 aliphatic carbocycles. The lowest BCUT2D eigenvalue weighted by Gasteiger charge is -2.23. The van der Waals surface area contributed by atoms with Gasteiger partial charge in [-0.3, -0.25) is 4.79 Å². The molecule has 1 aliphatic heterocycles. The van der Waals surface area contributed by atoms with E-state index in [0.29, 0.717) is 6.61 Å². The summed E-state index contributed by atoms with van der Waals surface area (Å²) in [4.78, 5) is 16.2. The minimum atomic E-state index is -0.812. The summed E-state index contributed by atoms with van der Waals surface area (Å²) < 4.78 is 5.77. The molecule has 20 heavy (non-hydrogen) atoms. The molecule has 4 nitrogen and oxygen atoms in total. The Labute approximate surface area is 121 Å². The molecule has 0 saturated carbocycles. The van der Waals surface area contributed by atoms with Gasteiger partial charge in [0.1, 0.15) is 5.75 Å². The Bertz CT molecular complexity index is 650. The fraction of sp³-hybridized carbons (Fsp3) is 0.333. The molecule has 0 radical (unpaired) electrons. The van der Waals surface area contributed by atoms with Crippen molar-refractivity contribution in [3.8, 4) is 5.75 Å². The van der Waals surface area contributed by atoms with Crippen molar-refractivity contribution in [1.82, 2.24) is 4.98 Å². The summed E-state index contributed by atoms with van der Waals surface area (Å²) in [6.07, 6.45) is 0.948. The lowest BCUT2D eigenvalue weighted by atomic mass is 9.97. The van der Waals surface area contributed by atoms with Crippen LogP contribution < -0.4 is 4.74 Å². The van der Waals surface area contributed by atoms with Gasteiger partial charge in [0.2, 0.25) is 0 Å². The van der Waals surface area contributed by atoms with Gasteiger partial charge in [-0.2, -0.15) is 0 Å². The van der Waals surface area contributed by atoms with E-state index in [4.69, 9.17) is 9.84 Å². The number of ether oxygens (including phenoxy) is 1. The average Bonchev–Trinajstić information content (AvgIpc) is 2.79. The summed E-state index contributed by atoms with van der Waals surface area (Å²) in [5.41, 5.74) is 2.02. The quantitative estimate of drug-likeness (QED) is 0.944. The van der Waals surface area contributed by atoms with Crippen LogP contribution in [0.15, 0.2) is 24.3 Å². The Balaban J connectivity index is 1.83. The number of aromatic nitrogens is 1. The van der Waals surface area contributed by atoms with Gasteiger partial charge in [0.25, 0.3) is 0 Å². The van der Waals surface area contributed by atoms with Crippen LogP contribution in [0.2, 0.25) is 0 Å². The summed E-state index contributed by atoms with van der Waals surface area (Å²) in [5, 5.41) is 9.88. The molecule has 0 spiro atoms. The van der Waals surface area contributed by atoms with Crippen molar-refractivity contribution in [2.75, 3.05) is 6.61 Å². The second kappa shape index (κ2) is 5.25. The van der Waals surface area contributed by atoms with Crippen LogP contribution in [0, 0.1) is 6.92 Å². The molecule has 0 saturated heterocycles. The van der Waals surface area contributed by atoms with E-state index in [0.717, 1.165) is 27.7 Å². The normalized spacial score (nSPS) is 17.4. The molecule has 2 aromatic rings. The second-order valence-electron chi connectivity index (χ2n) is 4.95. The molecule has 0 fully saturated rings. The minimum absolute atomic E-state index is 0.0493. The summed E-state index contributed by atoms with van der Waals surface area (Å²) in [6, 6.07) is 8.03. The van der Waals surface area contributed by atoms with Crippen LogP contribution in [0.3, 0.4) is 0 Å². The van der Waals surface area contributed by atoms with E-state index in [1.54, 1.807) is 0 Å². The zero-order chi connectivity index (χ0) is 14.1. The first-order chi connectivity index (χ1) is 9.63. The first-order valence-corrected chi connectivity index (χ1v) is 7.34. The zero-order valence-electron chi connectivity index (χ0n) is 11.1. The molecule has 1 N–H and O–H groups in total. The smallest absolute Gasteiger partial charge is 0.308 e. The number of nitrogens with zero attached hydrogens (tertiary/aromatic N) is 1. The zero-order valence-corrected chi connectivity index (χ0v) is 11.9. The topological polar surface area (TPSA) is 59.4 Å². The Morgan fingerprint density at radius 3 is 3.10 bits per heavy atom. The molecule has 1 aliphatic rings. The molecule has 104 valence electrons. The van der Waals surface area contributed by atoms with Crippen molar-refractivity contribution in [2.45, 2.75) is 25.7 Å². The van der Waals surface area contributed by atoms with Crippen LogP contribution >= 0.6 is 11.3 Å². The molecule has 3 rings (SSSR count). The van der Waals surface area contributed by atoms with Gasteiger partial charge in [-0.05, 0) is 25.0 Å². The molecule has 2 heterocycles. The second-order valence-corrected chi connectivity index (χ2v) is 6.07. The molecule has 1 aromatic heterocycles. The maximum Gasteiger partial charge on any atom is 0.308 e. The van der Waals surface area contributed by atoms with Crippen LogP contribution in [0.25, 0.3) is 0 Å². The summed E-state index contributed by atoms with van der Waals surface area (Å²) >= 11 is 1.50. The highest BCUT2D eigenvalue weighted by Crippen LogP contribution is 2.34. The van der Waals surface area contributed by atoms with Gasteiger partial charge in [0, 0.05) is 10.8 Å². The van der Waals surface area contributed by atoms with Crippen molar-refractivity contribution in [3.05, 3.63) is 45.4 Å². The van der Waals surface area contributed by atoms with Gasteiger partial charge in [0.15, 0.2) is 0 Å². The van der Waals surface area contributed by atoms with Gasteiger partial charge >= 0.3 is 5.97 Å². The predicted molar refractivity (Wildman–Crippen MR) is 76.6 cm³/mol. The molecule has 1 unspecified atom stereocenters. The summed E-state index contributed by atoms with van der Waals surface area (Å²) in [7, 11) is 0. The molecular formula is C15H15NO3S. The van der Waals surface area contributed by atoms with E-state index in [9.17, 15) is 4.79 Å². The summed E-state index contributed by atoms with van der Waals surface area (Å²) in [5.74, 6) is 0.354. The first-order valence-electron chi connectivity index (χ1n) is 6.52. The fourth-order valence-electron chi connectivity index (χ4n) is 2.41. The number of rotatable bonds is 3. The van der Waals surface area contributed by atoms with Crippen LogP contribution in [0.5, 0.6) is 5.75 Å². The highest BCUT2D eigenvalue weighted by Gasteiger charge is 2.24. The van der Waals surface area contributed by atoms with Crippen LogP contribution in [-0.2, 0) is 17.6 Å². The number of carboxylic acid groups (broad SMARTS) is 1. The van der Waals surface area contributed by atoms with Gasteiger partial charge in [-0.25, -0.2) is 4.98 Å². The number of hydrogen-bond donors (Lipinski definition) is 1. The van der Waals surface area contributed by atoms with Crippen LogP contribution in [-0.4, -0.2) is 22.7 Å². The highest BCUT2D eigenvalue weighted by molar-refractivity contribution is 7.12. The highest BCUT2D eigenvalue weighted by atomic mass is 32.1. The third kappa shape index (κ3) is 2.54. The average molecular weight is 289 g/mol. The van der Waals surface area contributed by atoms with Gasteiger partial charge in [0.05, 0.1) is 23.7 Å². The van der Waals surface area contributed by atoms with Crippen molar-refractivity contribution >= 4 is 17.3 Å². The number of benzene rings is 1.